The van der Waals surface area contributed by atoms with E-state index in [2.05, 4.69) is 0 Å². The molecule has 0 N–H and O–H groups in total. The molecule has 1 aromatic rings. The lowest BCUT2D eigenvalue weighted by molar-refractivity contribution is -0.143. The third-order valence-corrected chi connectivity index (χ3v) is 6.23. The minimum Gasteiger partial charge on any atom is -0.493 e. The van der Waals surface area contributed by atoms with Gasteiger partial charge < -0.3 is 14.2 Å². The van der Waals surface area contributed by atoms with Crippen LogP contribution in [0.5, 0.6) is 0 Å². The standard InChI is InChI=1S/C18H21NO7S/c20-16(12-26-18(21)17-13-24-10-11-25-17)14-4-6-15(7-5-14)27(22,23)19-8-2-1-3-9-19/h4-7,13H,1-3,8-12H2. The van der Waals surface area contributed by atoms with Crippen molar-refractivity contribution >= 4 is 21.8 Å². The van der Waals surface area contributed by atoms with Gasteiger partial charge in [0.2, 0.25) is 15.8 Å². The summed E-state index contributed by atoms with van der Waals surface area (Å²) in [4.78, 5) is 24.1. The lowest BCUT2D eigenvalue weighted by atomic mass is 10.1. The monoisotopic (exact) mass is 395 g/mol. The highest BCUT2D eigenvalue weighted by atomic mass is 32.2. The maximum absolute atomic E-state index is 12.6. The summed E-state index contributed by atoms with van der Waals surface area (Å²) >= 11 is 0. The molecule has 0 saturated carbocycles. The highest BCUT2D eigenvalue weighted by molar-refractivity contribution is 7.89. The van der Waals surface area contributed by atoms with E-state index >= 15 is 0 Å². The van der Waals surface area contributed by atoms with E-state index in [1.54, 1.807) is 0 Å². The fourth-order valence-corrected chi connectivity index (χ4v) is 4.35. The highest BCUT2D eigenvalue weighted by Crippen LogP contribution is 2.21. The quantitative estimate of drug-likeness (QED) is 0.531. The number of carbonyl (C=O) groups excluding carboxylic acids is 2. The molecular formula is C18H21NO7S. The zero-order chi connectivity index (χ0) is 19.3. The number of benzene rings is 1. The van der Waals surface area contributed by atoms with Gasteiger partial charge in [0.15, 0.2) is 12.4 Å². The molecule has 0 spiro atoms. The van der Waals surface area contributed by atoms with E-state index < -0.39 is 28.4 Å². The van der Waals surface area contributed by atoms with Crippen molar-refractivity contribution < 1.29 is 32.2 Å². The topological polar surface area (TPSA) is 99.2 Å². The predicted molar refractivity (Wildman–Crippen MR) is 94.3 cm³/mol. The van der Waals surface area contributed by atoms with Gasteiger partial charge in [0.05, 0.1) is 4.90 Å². The maximum atomic E-state index is 12.6. The molecule has 2 heterocycles. The number of hydrogen-bond acceptors (Lipinski definition) is 7. The Morgan fingerprint density at radius 1 is 1.04 bits per heavy atom. The van der Waals surface area contributed by atoms with Crippen LogP contribution < -0.4 is 0 Å². The first kappa shape index (κ1) is 19.4. The number of carbonyl (C=O) groups is 2. The first-order chi connectivity index (χ1) is 13.0. The summed E-state index contributed by atoms with van der Waals surface area (Å²) in [6.07, 6.45) is 3.89. The largest absolute Gasteiger partial charge is 0.493 e. The van der Waals surface area contributed by atoms with Gasteiger partial charge in [-0.25, -0.2) is 13.2 Å². The van der Waals surface area contributed by atoms with Gasteiger partial charge in [0.1, 0.15) is 19.5 Å². The van der Waals surface area contributed by atoms with Crippen LogP contribution in [0.2, 0.25) is 0 Å². The number of Topliss-reactive ketones (excluding diaryl/α,β-unsaturated/α-hetero) is 1. The van der Waals surface area contributed by atoms with Crippen LogP contribution in [0.1, 0.15) is 29.6 Å². The molecule has 2 aliphatic heterocycles. The smallest absolute Gasteiger partial charge is 0.377 e. The zero-order valence-electron chi connectivity index (χ0n) is 14.8. The highest BCUT2D eigenvalue weighted by Gasteiger charge is 2.26. The van der Waals surface area contributed by atoms with Gasteiger partial charge in [0.25, 0.3) is 0 Å². The second-order valence-corrected chi connectivity index (χ2v) is 8.13. The van der Waals surface area contributed by atoms with Crippen molar-refractivity contribution in [3.63, 3.8) is 0 Å². The molecule has 1 aromatic carbocycles. The lowest BCUT2D eigenvalue weighted by Gasteiger charge is -2.25. The number of rotatable bonds is 6. The average molecular weight is 395 g/mol. The van der Waals surface area contributed by atoms with Crippen LogP contribution in [0.15, 0.2) is 41.2 Å². The molecule has 146 valence electrons. The van der Waals surface area contributed by atoms with E-state index in [9.17, 15) is 18.0 Å². The molecule has 8 nitrogen and oxygen atoms in total. The minimum absolute atomic E-state index is 0.0861. The zero-order valence-corrected chi connectivity index (χ0v) is 15.6. The Balaban J connectivity index is 1.60. The molecular weight excluding hydrogens is 374 g/mol. The van der Waals surface area contributed by atoms with Gasteiger partial charge in [-0.05, 0) is 37.1 Å². The van der Waals surface area contributed by atoms with E-state index in [1.807, 2.05) is 0 Å². The van der Waals surface area contributed by atoms with Crippen molar-refractivity contribution in [3.05, 3.63) is 41.9 Å². The first-order valence-electron chi connectivity index (χ1n) is 8.73. The van der Waals surface area contributed by atoms with Gasteiger partial charge in [-0.1, -0.05) is 6.42 Å². The van der Waals surface area contributed by atoms with Crippen molar-refractivity contribution in [2.24, 2.45) is 0 Å². The van der Waals surface area contributed by atoms with Gasteiger partial charge in [-0.15, -0.1) is 0 Å². The second-order valence-electron chi connectivity index (χ2n) is 6.19. The van der Waals surface area contributed by atoms with Crippen LogP contribution >= 0.6 is 0 Å². The van der Waals surface area contributed by atoms with E-state index in [4.69, 9.17) is 14.2 Å². The number of ether oxygens (including phenoxy) is 3. The number of sulfonamides is 1. The Morgan fingerprint density at radius 3 is 2.37 bits per heavy atom. The molecule has 0 amide bonds. The number of ketones is 1. The Labute approximate surface area is 157 Å². The minimum atomic E-state index is -3.55. The second kappa shape index (κ2) is 8.53. The molecule has 0 aromatic heterocycles. The Kier molecular flexibility index (Phi) is 6.12. The predicted octanol–water partition coefficient (Wildman–Crippen LogP) is 1.48. The molecule has 0 bridgehead atoms. The summed E-state index contributed by atoms with van der Waals surface area (Å²) in [6, 6.07) is 5.65. The summed E-state index contributed by atoms with van der Waals surface area (Å²) in [5.74, 6) is -1.31. The van der Waals surface area contributed by atoms with E-state index in [0.717, 1.165) is 25.5 Å². The van der Waals surface area contributed by atoms with E-state index in [1.165, 1.54) is 28.6 Å². The summed E-state index contributed by atoms with van der Waals surface area (Å²) in [7, 11) is -3.55. The van der Waals surface area contributed by atoms with Crippen LogP contribution in [0, 0.1) is 0 Å². The fourth-order valence-electron chi connectivity index (χ4n) is 2.83. The van der Waals surface area contributed by atoms with Crippen LogP contribution in [-0.4, -0.2) is 57.4 Å². The number of hydrogen-bond donors (Lipinski definition) is 0. The molecule has 1 fully saturated rings. The van der Waals surface area contributed by atoms with Crippen molar-refractivity contribution in [1.29, 1.82) is 0 Å². The number of esters is 1. The van der Waals surface area contributed by atoms with Crippen molar-refractivity contribution in [3.8, 4) is 0 Å². The van der Waals surface area contributed by atoms with Gasteiger partial charge in [-0.2, -0.15) is 4.31 Å². The number of piperidine rings is 1. The van der Waals surface area contributed by atoms with Gasteiger partial charge in [-0.3, -0.25) is 4.79 Å². The van der Waals surface area contributed by atoms with E-state index in [-0.39, 0.29) is 22.8 Å². The Bertz CT molecular complexity index is 824. The molecule has 0 unspecified atom stereocenters. The van der Waals surface area contributed by atoms with Crippen molar-refractivity contribution in [2.75, 3.05) is 32.9 Å². The maximum Gasteiger partial charge on any atom is 0.377 e. The number of nitrogens with zero attached hydrogens (tertiary/aromatic N) is 1. The molecule has 0 aliphatic carbocycles. The average Bonchev–Trinajstić information content (AvgIpc) is 2.73. The SMILES string of the molecule is O=C(OCC(=O)c1ccc(S(=O)(=O)N2CCCCC2)cc1)C1=COCCO1. The molecule has 0 atom stereocenters. The summed E-state index contributed by atoms with van der Waals surface area (Å²) in [5.41, 5.74) is 0.259. The molecule has 9 heteroatoms. The molecule has 1 saturated heterocycles. The third-order valence-electron chi connectivity index (χ3n) is 4.31. The first-order valence-corrected chi connectivity index (χ1v) is 10.2. The van der Waals surface area contributed by atoms with Gasteiger partial charge >= 0.3 is 5.97 Å². The molecule has 3 rings (SSSR count). The fraction of sp³-hybridized carbons (Fsp3) is 0.444. The normalized spacial score (nSPS) is 18.0. The lowest BCUT2D eigenvalue weighted by Crippen LogP contribution is -2.35. The molecule has 2 aliphatic rings. The Hall–Kier alpha value is -2.39. The molecule has 0 radical (unpaired) electrons. The summed E-state index contributed by atoms with van der Waals surface area (Å²) < 4.78 is 41.6. The van der Waals surface area contributed by atoms with Crippen molar-refractivity contribution in [1.82, 2.24) is 4.31 Å². The van der Waals surface area contributed by atoms with Crippen LogP contribution in [0.4, 0.5) is 0 Å². The summed E-state index contributed by atoms with van der Waals surface area (Å²) in [6.45, 7) is 1.14. The van der Waals surface area contributed by atoms with Gasteiger partial charge in [0, 0.05) is 18.7 Å². The van der Waals surface area contributed by atoms with Crippen LogP contribution in [0.3, 0.4) is 0 Å². The van der Waals surface area contributed by atoms with Crippen LogP contribution in [0.25, 0.3) is 0 Å². The van der Waals surface area contributed by atoms with E-state index in [0.29, 0.717) is 19.7 Å². The molecule has 27 heavy (non-hydrogen) atoms. The van der Waals surface area contributed by atoms with Crippen molar-refractivity contribution in [2.45, 2.75) is 24.2 Å². The summed E-state index contributed by atoms with van der Waals surface area (Å²) in [5, 5.41) is 0. The Morgan fingerprint density at radius 2 is 1.74 bits per heavy atom. The third kappa shape index (κ3) is 4.67. The van der Waals surface area contributed by atoms with Crippen LogP contribution in [-0.2, 0) is 29.0 Å².